The third-order valence-electron chi connectivity index (χ3n) is 4.16. The Bertz CT molecular complexity index is 798. The van der Waals surface area contributed by atoms with Crippen LogP contribution in [0.15, 0.2) is 36.5 Å². The van der Waals surface area contributed by atoms with Gasteiger partial charge in [0.2, 0.25) is 0 Å². The van der Waals surface area contributed by atoms with Crippen LogP contribution in [0.3, 0.4) is 0 Å². The molecule has 0 spiro atoms. The van der Waals surface area contributed by atoms with Crippen LogP contribution in [0.4, 0.5) is 18.0 Å². The Labute approximate surface area is 154 Å². The van der Waals surface area contributed by atoms with Gasteiger partial charge in [-0.05, 0) is 36.5 Å². The van der Waals surface area contributed by atoms with Crippen LogP contribution in [0.5, 0.6) is 6.01 Å². The predicted octanol–water partition coefficient (Wildman–Crippen LogP) is 3.29. The fraction of sp³-hybridized carbons (Fsp3) is 0.389. The van der Waals surface area contributed by atoms with E-state index in [9.17, 15) is 18.0 Å². The van der Waals surface area contributed by atoms with Crippen LogP contribution in [0, 0.1) is 0 Å². The molecule has 1 heterocycles. The highest BCUT2D eigenvalue weighted by Gasteiger charge is 2.29. The van der Waals surface area contributed by atoms with Crippen LogP contribution in [0.2, 0.25) is 0 Å². The number of nitrogens with zero attached hydrogens (tertiary/aromatic N) is 2. The summed E-state index contributed by atoms with van der Waals surface area (Å²) in [7, 11) is 0. The molecule has 27 heavy (non-hydrogen) atoms. The molecule has 1 aromatic carbocycles. The van der Waals surface area contributed by atoms with Crippen molar-refractivity contribution in [3.8, 4) is 6.01 Å². The van der Waals surface area contributed by atoms with Crippen molar-refractivity contribution < 1.29 is 22.7 Å². The largest absolute Gasteiger partial charge is 0.454 e. The number of fused-ring (bicyclic) bond motifs is 1. The van der Waals surface area contributed by atoms with Crippen LogP contribution in [-0.2, 0) is 13.0 Å². The minimum Gasteiger partial charge on any atom is -0.454 e. The number of nitrogens with one attached hydrogen (secondary N) is 2. The maximum atomic E-state index is 12.2. The van der Waals surface area contributed by atoms with Gasteiger partial charge in [0.15, 0.2) is 6.61 Å². The molecule has 1 aliphatic rings. The van der Waals surface area contributed by atoms with Crippen LogP contribution < -0.4 is 15.4 Å². The summed E-state index contributed by atoms with van der Waals surface area (Å²) in [6, 6.07) is 8.68. The van der Waals surface area contributed by atoms with Crippen LogP contribution in [0.1, 0.15) is 35.7 Å². The van der Waals surface area contributed by atoms with Gasteiger partial charge in [-0.25, -0.2) is 9.78 Å². The summed E-state index contributed by atoms with van der Waals surface area (Å²) in [5.74, 6) is 0. The maximum absolute atomic E-state index is 12.2. The Balaban J connectivity index is 1.53. The van der Waals surface area contributed by atoms with Gasteiger partial charge in [0.05, 0.1) is 18.3 Å². The fourth-order valence-corrected chi connectivity index (χ4v) is 2.97. The van der Waals surface area contributed by atoms with Gasteiger partial charge in [0.25, 0.3) is 0 Å². The molecular formula is C18H19F3N4O2. The number of aromatic nitrogens is 2. The molecule has 9 heteroatoms. The molecule has 2 N–H and O–H groups in total. The van der Waals surface area contributed by atoms with Gasteiger partial charge < -0.3 is 15.4 Å². The van der Waals surface area contributed by atoms with Gasteiger partial charge in [-0.15, -0.1) is 0 Å². The quantitative estimate of drug-likeness (QED) is 0.835. The third kappa shape index (κ3) is 5.57. The second-order valence-electron chi connectivity index (χ2n) is 6.21. The van der Waals surface area contributed by atoms with Gasteiger partial charge in [0.1, 0.15) is 0 Å². The zero-order chi connectivity index (χ0) is 19.3. The van der Waals surface area contributed by atoms with Crippen molar-refractivity contribution in [2.45, 2.75) is 38.0 Å². The molecule has 1 aromatic heterocycles. The normalized spacial score (nSPS) is 16.3. The molecule has 2 amide bonds. The van der Waals surface area contributed by atoms with E-state index in [2.05, 4.69) is 31.4 Å². The molecule has 0 saturated heterocycles. The Morgan fingerprint density at radius 3 is 2.89 bits per heavy atom. The minimum absolute atomic E-state index is 0.0467. The number of urea groups is 1. The lowest BCUT2D eigenvalue weighted by molar-refractivity contribution is -0.154. The van der Waals surface area contributed by atoms with Gasteiger partial charge in [-0.3, -0.25) is 0 Å². The van der Waals surface area contributed by atoms with E-state index in [1.807, 2.05) is 18.2 Å². The van der Waals surface area contributed by atoms with E-state index in [0.717, 1.165) is 24.8 Å². The first-order valence-corrected chi connectivity index (χ1v) is 8.54. The van der Waals surface area contributed by atoms with Crippen molar-refractivity contribution in [2.75, 3.05) is 6.61 Å². The highest BCUT2D eigenvalue weighted by Crippen LogP contribution is 2.29. The van der Waals surface area contributed by atoms with E-state index in [0.29, 0.717) is 5.69 Å². The Morgan fingerprint density at radius 1 is 1.26 bits per heavy atom. The minimum atomic E-state index is -4.46. The van der Waals surface area contributed by atoms with Crippen molar-refractivity contribution in [1.29, 1.82) is 0 Å². The van der Waals surface area contributed by atoms with Crippen molar-refractivity contribution in [3.05, 3.63) is 53.3 Å². The number of rotatable bonds is 5. The second kappa shape index (κ2) is 8.24. The van der Waals surface area contributed by atoms with Crippen LogP contribution in [-0.4, -0.2) is 28.8 Å². The second-order valence-corrected chi connectivity index (χ2v) is 6.21. The summed E-state index contributed by atoms with van der Waals surface area (Å²) in [6.07, 6.45) is -0.336. The molecule has 0 radical (unpaired) electrons. The average molecular weight is 380 g/mol. The average Bonchev–Trinajstić information content (AvgIpc) is 2.65. The lowest BCUT2D eigenvalue weighted by Crippen LogP contribution is -2.38. The zero-order valence-electron chi connectivity index (χ0n) is 14.4. The van der Waals surface area contributed by atoms with Gasteiger partial charge in [-0.1, -0.05) is 24.3 Å². The highest BCUT2D eigenvalue weighted by atomic mass is 19.4. The lowest BCUT2D eigenvalue weighted by Gasteiger charge is -2.26. The molecule has 6 nitrogen and oxygen atoms in total. The van der Waals surface area contributed by atoms with Crippen molar-refractivity contribution >= 4 is 6.03 Å². The molecule has 1 unspecified atom stereocenters. The number of carbonyl (C=O) groups is 1. The maximum Gasteiger partial charge on any atom is 0.422 e. The number of aryl methyl sites for hydroxylation is 1. The summed E-state index contributed by atoms with van der Waals surface area (Å²) in [5.41, 5.74) is 2.70. The lowest BCUT2D eigenvalue weighted by atomic mass is 9.88. The van der Waals surface area contributed by atoms with Crippen LogP contribution >= 0.6 is 0 Å². The number of hydrogen-bond acceptors (Lipinski definition) is 4. The summed E-state index contributed by atoms with van der Waals surface area (Å²) >= 11 is 0. The van der Waals surface area contributed by atoms with E-state index in [4.69, 9.17) is 0 Å². The first kappa shape index (κ1) is 18.9. The molecule has 0 fully saturated rings. The molecule has 3 rings (SSSR count). The van der Waals surface area contributed by atoms with E-state index >= 15 is 0 Å². The smallest absolute Gasteiger partial charge is 0.422 e. The molecule has 0 bridgehead atoms. The number of amides is 2. The number of halogens is 3. The van der Waals surface area contributed by atoms with E-state index < -0.39 is 12.8 Å². The van der Waals surface area contributed by atoms with Gasteiger partial charge >= 0.3 is 18.2 Å². The number of carbonyl (C=O) groups excluding carboxylic acids is 1. The highest BCUT2D eigenvalue weighted by molar-refractivity contribution is 5.74. The number of benzene rings is 1. The molecule has 0 aliphatic heterocycles. The molecule has 144 valence electrons. The molecule has 1 atom stereocenters. The molecular weight excluding hydrogens is 361 g/mol. The molecule has 2 aromatic rings. The van der Waals surface area contributed by atoms with Crippen molar-refractivity contribution in [2.24, 2.45) is 0 Å². The molecule has 0 saturated carbocycles. The standard InChI is InChI=1S/C18H19F3N4O2/c19-18(20,21)11-27-17-22-9-8-13(24-17)10-23-16(26)25-15-7-3-5-12-4-1-2-6-14(12)15/h1-2,4,6,8-9,15H,3,5,7,10-11H2,(H2,23,25,26). The van der Waals surface area contributed by atoms with Crippen molar-refractivity contribution in [1.82, 2.24) is 20.6 Å². The SMILES string of the molecule is O=C(NCc1ccnc(OCC(F)(F)F)n1)NC1CCCc2ccccc21. The van der Waals surface area contributed by atoms with Crippen LogP contribution in [0.25, 0.3) is 0 Å². The summed E-state index contributed by atoms with van der Waals surface area (Å²) in [4.78, 5) is 19.7. The molecule has 1 aliphatic carbocycles. The zero-order valence-corrected chi connectivity index (χ0v) is 14.4. The summed E-state index contributed by atoms with van der Waals surface area (Å²) in [6.45, 7) is -1.42. The first-order valence-electron chi connectivity index (χ1n) is 8.54. The fourth-order valence-electron chi connectivity index (χ4n) is 2.97. The Hall–Kier alpha value is -2.84. The summed E-state index contributed by atoms with van der Waals surface area (Å²) in [5, 5.41) is 5.59. The van der Waals surface area contributed by atoms with Crippen molar-refractivity contribution in [3.63, 3.8) is 0 Å². The van der Waals surface area contributed by atoms with Gasteiger partial charge in [0, 0.05) is 6.20 Å². The topological polar surface area (TPSA) is 76.1 Å². The first-order chi connectivity index (χ1) is 12.9. The van der Waals surface area contributed by atoms with E-state index in [1.54, 1.807) is 0 Å². The Morgan fingerprint density at radius 2 is 2.07 bits per heavy atom. The third-order valence-corrected chi connectivity index (χ3v) is 4.16. The van der Waals surface area contributed by atoms with Gasteiger partial charge in [-0.2, -0.15) is 18.2 Å². The Kier molecular flexibility index (Phi) is 5.78. The number of hydrogen-bond donors (Lipinski definition) is 2. The van der Waals surface area contributed by atoms with E-state index in [1.165, 1.54) is 17.8 Å². The number of ether oxygens (including phenoxy) is 1. The summed E-state index contributed by atoms with van der Waals surface area (Å²) < 4.78 is 41.0. The number of alkyl halides is 3. The predicted molar refractivity (Wildman–Crippen MR) is 91.1 cm³/mol. The van der Waals surface area contributed by atoms with E-state index in [-0.39, 0.29) is 24.6 Å². The monoisotopic (exact) mass is 380 g/mol.